The van der Waals surface area contributed by atoms with E-state index in [1.165, 1.54) is 0 Å². The van der Waals surface area contributed by atoms with E-state index in [4.69, 9.17) is 9.47 Å². The normalized spacial score (nSPS) is 22.6. The van der Waals surface area contributed by atoms with E-state index in [2.05, 4.69) is 24.1 Å². The molecule has 0 radical (unpaired) electrons. The molecular formula is C29H47N3O5. The Labute approximate surface area is 222 Å². The lowest BCUT2D eigenvalue weighted by Gasteiger charge is -2.36. The summed E-state index contributed by atoms with van der Waals surface area (Å²) in [6.45, 7) is 13.0. The zero-order valence-corrected chi connectivity index (χ0v) is 23.4. The number of hydrogen-bond acceptors (Lipinski definition) is 7. The van der Waals surface area contributed by atoms with Crippen LogP contribution in [0.5, 0.6) is 5.75 Å². The van der Waals surface area contributed by atoms with Crippen LogP contribution in [0.25, 0.3) is 0 Å². The van der Waals surface area contributed by atoms with Gasteiger partial charge in [-0.15, -0.1) is 0 Å². The van der Waals surface area contributed by atoms with E-state index >= 15 is 0 Å². The van der Waals surface area contributed by atoms with E-state index < -0.39 is 17.9 Å². The number of nitrogens with zero attached hydrogens (tertiary/aromatic N) is 2. The number of pyridine rings is 1. The van der Waals surface area contributed by atoms with E-state index in [0.717, 1.165) is 43.4 Å². The van der Waals surface area contributed by atoms with Crippen LogP contribution < -0.4 is 15.0 Å². The molecule has 1 saturated carbocycles. The highest BCUT2D eigenvalue weighted by Gasteiger charge is 2.45. The minimum atomic E-state index is -1.01. The van der Waals surface area contributed by atoms with Crippen LogP contribution in [0.15, 0.2) is 12.3 Å². The van der Waals surface area contributed by atoms with E-state index in [1.807, 2.05) is 26.8 Å². The third-order valence-electron chi connectivity index (χ3n) is 7.77. The Morgan fingerprint density at radius 2 is 1.89 bits per heavy atom. The number of aromatic nitrogens is 1. The topological polar surface area (TPSA) is 101 Å². The van der Waals surface area contributed by atoms with Crippen molar-refractivity contribution in [3.05, 3.63) is 17.8 Å². The lowest BCUT2D eigenvalue weighted by Crippen LogP contribution is -2.56. The second kappa shape index (κ2) is 14.2. The molecule has 1 unspecified atom stereocenters. The van der Waals surface area contributed by atoms with Gasteiger partial charge >= 0.3 is 0 Å². The fourth-order valence-electron chi connectivity index (χ4n) is 5.19. The number of aliphatic hydroxyl groups is 1. The number of anilines is 1. The molecule has 2 aliphatic rings. The fourth-order valence-corrected chi connectivity index (χ4v) is 5.19. The molecule has 2 N–H and O–H groups in total. The largest absolute Gasteiger partial charge is 0.493 e. The summed E-state index contributed by atoms with van der Waals surface area (Å²) >= 11 is 0. The van der Waals surface area contributed by atoms with Crippen LogP contribution in [0.1, 0.15) is 72.3 Å². The van der Waals surface area contributed by atoms with Crippen molar-refractivity contribution in [2.75, 3.05) is 37.8 Å². The van der Waals surface area contributed by atoms with Crippen LogP contribution in [-0.4, -0.2) is 66.8 Å². The first-order chi connectivity index (χ1) is 17.8. The number of ether oxygens (including phenoxy) is 2. The number of hydrogen-bond donors (Lipinski definition) is 2. The highest BCUT2D eigenvalue weighted by atomic mass is 16.5. The lowest BCUT2D eigenvalue weighted by atomic mass is 9.81. The highest BCUT2D eigenvalue weighted by molar-refractivity contribution is 5.96. The summed E-state index contributed by atoms with van der Waals surface area (Å²) in [4.78, 5) is 33.2. The summed E-state index contributed by atoms with van der Waals surface area (Å²) in [6.07, 6.45) is 5.46. The second-order valence-electron chi connectivity index (χ2n) is 10.8. The summed E-state index contributed by atoms with van der Waals surface area (Å²) in [5.41, 5.74) is 1.000. The van der Waals surface area contributed by atoms with Crippen LogP contribution in [0.4, 0.5) is 5.82 Å². The molecule has 0 spiro atoms. The number of rotatable bonds is 15. The van der Waals surface area contributed by atoms with Gasteiger partial charge in [-0.05, 0) is 57.8 Å². The Kier molecular flexibility index (Phi) is 11.3. The van der Waals surface area contributed by atoms with Crippen LogP contribution >= 0.6 is 0 Å². The summed E-state index contributed by atoms with van der Waals surface area (Å²) < 4.78 is 11.4. The van der Waals surface area contributed by atoms with Gasteiger partial charge in [-0.3, -0.25) is 14.5 Å². The van der Waals surface area contributed by atoms with E-state index in [0.29, 0.717) is 57.0 Å². The van der Waals surface area contributed by atoms with Gasteiger partial charge in [0.2, 0.25) is 5.91 Å². The van der Waals surface area contributed by atoms with Crippen molar-refractivity contribution >= 4 is 17.5 Å². The van der Waals surface area contributed by atoms with E-state index in [1.54, 1.807) is 11.1 Å². The molecular weight excluding hydrogens is 470 g/mol. The van der Waals surface area contributed by atoms with E-state index in [9.17, 15) is 14.7 Å². The third-order valence-corrected chi connectivity index (χ3v) is 7.77. The molecule has 1 aromatic heterocycles. The van der Waals surface area contributed by atoms with Crippen molar-refractivity contribution in [2.24, 2.45) is 23.7 Å². The second-order valence-corrected chi connectivity index (χ2v) is 10.8. The Morgan fingerprint density at radius 3 is 2.51 bits per heavy atom. The Bertz CT molecular complexity index is 888. The zero-order chi connectivity index (χ0) is 26.9. The zero-order valence-electron chi connectivity index (χ0n) is 23.4. The van der Waals surface area contributed by atoms with Crippen molar-refractivity contribution in [3.63, 3.8) is 0 Å². The number of aliphatic hydroxyl groups excluding tert-OH is 1. The molecule has 1 aliphatic heterocycles. The summed E-state index contributed by atoms with van der Waals surface area (Å²) in [5, 5.41) is 14.5. The summed E-state index contributed by atoms with van der Waals surface area (Å²) in [5.74, 6) is 0.791. The fraction of sp³-hybridized carbons (Fsp3) is 0.759. The van der Waals surface area contributed by atoms with Crippen molar-refractivity contribution in [3.8, 4) is 5.75 Å². The molecule has 4 atom stereocenters. The number of piperidine rings is 1. The van der Waals surface area contributed by atoms with Gasteiger partial charge in [0.25, 0.3) is 0 Å². The molecule has 3 rings (SSSR count). The molecule has 208 valence electrons. The van der Waals surface area contributed by atoms with E-state index in [-0.39, 0.29) is 17.7 Å². The molecule has 2 fully saturated rings. The third kappa shape index (κ3) is 7.74. The molecule has 0 aromatic carbocycles. The van der Waals surface area contributed by atoms with Crippen LogP contribution in [0, 0.1) is 23.7 Å². The monoisotopic (exact) mass is 517 g/mol. The maximum Gasteiger partial charge on any atom is 0.235 e. The van der Waals surface area contributed by atoms with Crippen molar-refractivity contribution < 1.29 is 24.2 Å². The van der Waals surface area contributed by atoms with Gasteiger partial charge in [-0.2, -0.15) is 0 Å². The minimum Gasteiger partial charge on any atom is -0.493 e. The maximum absolute atomic E-state index is 13.8. The number of nitrogens with one attached hydrogen (secondary N) is 1. The molecule has 1 aromatic rings. The maximum atomic E-state index is 13.8. The van der Waals surface area contributed by atoms with Crippen LogP contribution in [0.2, 0.25) is 0 Å². The average Bonchev–Trinajstić information content (AvgIpc) is 3.71. The van der Waals surface area contributed by atoms with Gasteiger partial charge in [-0.1, -0.05) is 20.8 Å². The standard InChI is InChI=1S/C29H47N3O5/c1-6-20-15-31-27(14-26(20)37-8-3)32(22-12-13-22)29(35)24-17-30-16-23(28(24)34)25(33)11-9-10-21(19(4)5)18-36-7-2/h14-15,19,21-24,28,30,34H,6-13,16-18H2,1-5H3/t21?,23-,24-,28+/m0/s1. The molecule has 8 nitrogen and oxygen atoms in total. The van der Waals surface area contributed by atoms with Gasteiger partial charge in [0, 0.05) is 56.6 Å². The Morgan fingerprint density at radius 1 is 1.16 bits per heavy atom. The SMILES string of the molecule is CCOCC(CCCC(=O)[C@@H]1CNC[C@H](C(=O)N(c2cc(OCC)c(CC)cn2)C2CC2)[C@@H]1O)C(C)C. The first-order valence-electron chi connectivity index (χ1n) is 14.3. The summed E-state index contributed by atoms with van der Waals surface area (Å²) in [7, 11) is 0. The van der Waals surface area contributed by atoms with Gasteiger partial charge in [0.15, 0.2) is 0 Å². The highest BCUT2D eigenvalue weighted by Crippen LogP contribution is 2.36. The minimum absolute atomic E-state index is 0.0263. The summed E-state index contributed by atoms with van der Waals surface area (Å²) in [6, 6.07) is 1.92. The van der Waals surface area contributed by atoms with Crippen molar-refractivity contribution in [2.45, 2.75) is 85.3 Å². The number of ketones is 1. The molecule has 0 bridgehead atoms. The number of carbonyl (C=O) groups is 2. The molecule has 8 heteroatoms. The molecule has 37 heavy (non-hydrogen) atoms. The number of carbonyl (C=O) groups excluding carboxylic acids is 2. The van der Waals surface area contributed by atoms with Gasteiger partial charge in [-0.25, -0.2) is 4.98 Å². The van der Waals surface area contributed by atoms with Crippen molar-refractivity contribution in [1.29, 1.82) is 0 Å². The first kappa shape index (κ1) is 29.5. The van der Waals surface area contributed by atoms with Gasteiger partial charge < -0.3 is 19.9 Å². The predicted molar refractivity (Wildman–Crippen MR) is 145 cm³/mol. The first-order valence-corrected chi connectivity index (χ1v) is 14.3. The molecule has 2 heterocycles. The van der Waals surface area contributed by atoms with Gasteiger partial charge in [0.05, 0.1) is 24.5 Å². The van der Waals surface area contributed by atoms with Crippen LogP contribution in [-0.2, 0) is 20.7 Å². The van der Waals surface area contributed by atoms with Crippen LogP contribution in [0.3, 0.4) is 0 Å². The average molecular weight is 518 g/mol. The number of amides is 1. The smallest absolute Gasteiger partial charge is 0.235 e. The Balaban J connectivity index is 1.67. The predicted octanol–water partition coefficient (Wildman–Crippen LogP) is 3.78. The number of aryl methyl sites for hydroxylation is 1. The van der Waals surface area contributed by atoms with Gasteiger partial charge in [0.1, 0.15) is 17.4 Å². The molecule has 1 aliphatic carbocycles. The quantitative estimate of drug-likeness (QED) is 0.365. The molecule has 1 saturated heterocycles. The number of Topliss-reactive ketones (excluding diaryl/α,β-unsaturated/α-hetero) is 1. The molecule has 1 amide bonds. The van der Waals surface area contributed by atoms with Crippen molar-refractivity contribution in [1.82, 2.24) is 10.3 Å². The lowest BCUT2D eigenvalue weighted by molar-refractivity contribution is -0.135. The Hall–Kier alpha value is -2.03.